The van der Waals surface area contributed by atoms with Gasteiger partial charge in [0.1, 0.15) is 12.4 Å². The molecule has 0 radical (unpaired) electrons. The zero-order valence-corrected chi connectivity index (χ0v) is 16.9. The number of benzene rings is 3. The van der Waals surface area contributed by atoms with E-state index < -0.39 is 6.09 Å². The third-order valence-corrected chi connectivity index (χ3v) is 5.19. The van der Waals surface area contributed by atoms with Gasteiger partial charge in [-0.3, -0.25) is 0 Å². The van der Waals surface area contributed by atoms with Gasteiger partial charge in [0.05, 0.1) is 7.11 Å². The maximum atomic E-state index is 12.1. The van der Waals surface area contributed by atoms with Crippen LogP contribution in [0.2, 0.25) is 0 Å². The molecule has 3 aromatic rings. The Hall–Kier alpha value is -3.71. The maximum Gasteiger partial charge on any atom is 0.407 e. The molecule has 1 aliphatic carbocycles. The summed E-state index contributed by atoms with van der Waals surface area (Å²) in [5, 5.41) is 2.78. The summed E-state index contributed by atoms with van der Waals surface area (Å²) in [6.45, 7) is 0.761. The zero-order valence-electron chi connectivity index (χ0n) is 16.9. The molecular formula is C26H23NO3. The van der Waals surface area contributed by atoms with Crippen LogP contribution in [0.15, 0.2) is 72.8 Å². The number of amides is 1. The molecule has 0 atom stereocenters. The molecule has 0 unspecified atom stereocenters. The summed E-state index contributed by atoms with van der Waals surface area (Å²) in [5.74, 6) is 7.00. The van der Waals surface area contributed by atoms with Crippen molar-refractivity contribution in [1.82, 2.24) is 5.32 Å². The molecule has 0 bridgehead atoms. The second kappa shape index (κ2) is 9.19. The fourth-order valence-corrected chi connectivity index (χ4v) is 3.72. The van der Waals surface area contributed by atoms with Crippen molar-refractivity contribution < 1.29 is 14.3 Å². The summed E-state index contributed by atoms with van der Waals surface area (Å²) < 4.78 is 10.6. The summed E-state index contributed by atoms with van der Waals surface area (Å²) in [6.07, 6.45) is 0.138. The summed E-state index contributed by atoms with van der Waals surface area (Å²) in [5.41, 5.74) is 5.76. The van der Waals surface area contributed by atoms with Crippen molar-refractivity contribution >= 4 is 6.09 Å². The second-order valence-corrected chi connectivity index (χ2v) is 7.03. The molecule has 1 amide bonds. The topological polar surface area (TPSA) is 47.6 Å². The summed E-state index contributed by atoms with van der Waals surface area (Å²) >= 11 is 0. The lowest BCUT2D eigenvalue weighted by Crippen LogP contribution is -2.26. The predicted molar refractivity (Wildman–Crippen MR) is 118 cm³/mol. The number of carbonyl (C=O) groups excluding carboxylic acids is 1. The normalized spacial score (nSPS) is 11.6. The first-order chi connectivity index (χ1) is 14.8. The summed E-state index contributed by atoms with van der Waals surface area (Å²) in [4.78, 5) is 12.1. The Bertz CT molecular complexity index is 1050. The van der Waals surface area contributed by atoms with Gasteiger partial charge in [-0.05, 0) is 46.5 Å². The molecule has 4 heteroatoms. The van der Waals surface area contributed by atoms with Crippen LogP contribution in [0.3, 0.4) is 0 Å². The maximum absolute atomic E-state index is 12.1. The van der Waals surface area contributed by atoms with E-state index in [1.807, 2.05) is 48.5 Å². The molecule has 0 saturated heterocycles. The number of carbonyl (C=O) groups is 1. The van der Waals surface area contributed by atoms with E-state index in [0.717, 1.165) is 11.3 Å². The fraction of sp³-hybridized carbons (Fsp3) is 0.192. The third-order valence-electron chi connectivity index (χ3n) is 5.19. The SMILES string of the molecule is COc1ccc(C#CCCNC(=O)OCC2c3ccccc3-c3ccccc32)cc1. The Morgan fingerprint density at radius 2 is 1.57 bits per heavy atom. The second-order valence-electron chi connectivity index (χ2n) is 7.03. The van der Waals surface area contributed by atoms with Crippen LogP contribution in [-0.2, 0) is 4.74 Å². The molecule has 0 fully saturated rings. The van der Waals surface area contributed by atoms with Crippen molar-refractivity contribution in [2.75, 3.05) is 20.3 Å². The molecule has 3 aromatic carbocycles. The first-order valence-electron chi connectivity index (χ1n) is 9.98. The van der Waals surface area contributed by atoms with E-state index in [9.17, 15) is 4.79 Å². The van der Waals surface area contributed by atoms with Crippen LogP contribution in [0.1, 0.15) is 29.0 Å². The monoisotopic (exact) mass is 397 g/mol. The minimum Gasteiger partial charge on any atom is -0.497 e. The highest BCUT2D eigenvalue weighted by Gasteiger charge is 2.28. The predicted octanol–water partition coefficient (Wildman–Crippen LogP) is 4.98. The molecule has 4 nitrogen and oxygen atoms in total. The quantitative estimate of drug-likeness (QED) is 0.488. The van der Waals surface area contributed by atoms with Gasteiger partial charge in [-0.15, -0.1) is 0 Å². The van der Waals surface area contributed by atoms with Crippen molar-refractivity contribution in [1.29, 1.82) is 0 Å². The van der Waals surface area contributed by atoms with Crippen LogP contribution in [0.4, 0.5) is 4.79 Å². The van der Waals surface area contributed by atoms with Gasteiger partial charge in [0.25, 0.3) is 0 Å². The number of ether oxygens (including phenoxy) is 2. The number of nitrogens with one attached hydrogen (secondary N) is 1. The lowest BCUT2D eigenvalue weighted by molar-refractivity contribution is 0.143. The zero-order chi connectivity index (χ0) is 20.8. The van der Waals surface area contributed by atoms with E-state index in [-0.39, 0.29) is 5.92 Å². The van der Waals surface area contributed by atoms with E-state index in [2.05, 4.69) is 41.4 Å². The van der Waals surface area contributed by atoms with Gasteiger partial charge >= 0.3 is 6.09 Å². The average Bonchev–Trinajstić information content (AvgIpc) is 3.12. The molecule has 0 spiro atoms. The number of rotatable bonds is 5. The lowest BCUT2D eigenvalue weighted by Gasteiger charge is -2.14. The van der Waals surface area contributed by atoms with Crippen molar-refractivity contribution in [3.63, 3.8) is 0 Å². The van der Waals surface area contributed by atoms with E-state index in [4.69, 9.17) is 9.47 Å². The van der Waals surface area contributed by atoms with Crippen molar-refractivity contribution in [3.05, 3.63) is 89.5 Å². The van der Waals surface area contributed by atoms with Gasteiger partial charge in [-0.2, -0.15) is 0 Å². The van der Waals surface area contributed by atoms with Crippen LogP contribution >= 0.6 is 0 Å². The summed E-state index contributed by atoms with van der Waals surface area (Å²) in [6, 6.07) is 24.2. The number of methoxy groups -OCH3 is 1. The van der Waals surface area contributed by atoms with Gasteiger partial charge < -0.3 is 14.8 Å². The first kappa shape index (κ1) is 19.6. The van der Waals surface area contributed by atoms with Crippen LogP contribution < -0.4 is 10.1 Å². The Labute approximate surface area is 176 Å². The molecule has 30 heavy (non-hydrogen) atoms. The van der Waals surface area contributed by atoms with E-state index in [0.29, 0.717) is 19.6 Å². The Balaban J connectivity index is 1.27. The highest BCUT2D eigenvalue weighted by atomic mass is 16.5. The Morgan fingerprint density at radius 3 is 2.20 bits per heavy atom. The fourth-order valence-electron chi connectivity index (χ4n) is 3.72. The molecular weight excluding hydrogens is 374 g/mol. The number of hydrogen-bond acceptors (Lipinski definition) is 3. The van der Waals surface area contributed by atoms with E-state index in [1.54, 1.807) is 7.11 Å². The van der Waals surface area contributed by atoms with Gasteiger partial charge in [0, 0.05) is 24.4 Å². The van der Waals surface area contributed by atoms with Gasteiger partial charge in [-0.25, -0.2) is 4.79 Å². The lowest BCUT2D eigenvalue weighted by atomic mass is 9.98. The van der Waals surface area contributed by atoms with Crippen LogP contribution in [0, 0.1) is 11.8 Å². The first-order valence-corrected chi connectivity index (χ1v) is 9.98. The molecule has 0 aliphatic heterocycles. The highest BCUT2D eigenvalue weighted by molar-refractivity contribution is 5.79. The molecule has 1 N–H and O–H groups in total. The number of alkyl carbamates (subject to hydrolysis) is 1. The highest BCUT2D eigenvalue weighted by Crippen LogP contribution is 2.44. The van der Waals surface area contributed by atoms with E-state index in [1.165, 1.54) is 22.3 Å². The number of fused-ring (bicyclic) bond motifs is 3. The minimum atomic E-state index is -0.414. The standard InChI is InChI=1S/C26H23NO3/c1-29-20-15-13-19(14-16-20)8-6-7-17-27-26(28)30-18-25-23-11-4-2-9-21(23)22-10-3-5-12-24(22)25/h2-5,9-16,25H,7,17-18H2,1H3,(H,27,28). The Morgan fingerprint density at radius 1 is 0.933 bits per heavy atom. The van der Waals surface area contributed by atoms with Crippen molar-refractivity contribution in [2.24, 2.45) is 0 Å². The smallest absolute Gasteiger partial charge is 0.407 e. The molecule has 4 rings (SSSR count). The minimum absolute atomic E-state index is 0.0676. The largest absolute Gasteiger partial charge is 0.497 e. The third kappa shape index (κ3) is 4.31. The molecule has 150 valence electrons. The van der Waals surface area contributed by atoms with Crippen molar-refractivity contribution in [2.45, 2.75) is 12.3 Å². The van der Waals surface area contributed by atoms with Crippen LogP contribution in [0.25, 0.3) is 11.1 Å². The van der Waals surface area contributed by atoms with Gasteiger partial charge in [0.15, 0.2) is 0 Å². The Kier molecular flexibility index (Phi) is 6.01. The van der Waals surface area contributed by atoms with Gasteiger partial charge in [0.2, 0.25) is 0 Å². The van der Waals surface area contributed by atoms with Crippen LogP contribution in [0.5, 0.6) is 5.75 Å². The molecule has 1 aliphatic rings. The molecule has 0 saturated carbocycles. The van der Waals surface area contributed by atoms with Gasteiger partial charge in [-0.1, -0.05) is 60.4 Å². The number of hydrogen-bond donors (Lipinski definition) is 1. The van der Waals surface area contributed by atoms with Crippen molar-refractivity contribution in [3.8, 4) is 28.7 Å². The van der Waals surface area contributed by atoms with E-state index >= 15 is 0 Å². The molecule has 0 heterocycles. The van der Waals surface area contributed by atoms with Crippen LogP contribution in [-0.4, -0.2) is 26.4 Å². The summed E-state index contributed by atoms with van der Waals surface area (Å²) in [7, 11) is 1.63. The average molecular weight is 397 g/mol. The molecule has 0 aromatic heterocycles.